The quantitative estimate of drug-likeness (QED) is 0.151. The minimum atomic E-state index is 0.886. The first-order chi connectivity index (χ1) is 33.2. The van der Waals surface area contributed by atoms with Gasteiger partial charge in [0.05, 0.1) is 5.69 Å². The van der Waals surface area contributed by atoms with Gasteiger partial charge in [-0.25, -0.2) is 0 Å². The van der Waals surface area contributed by atoms with Crippen molar-refractivity contribution in [2.45, 2.75) is 0 Å². The third-order valence-corrected chi connectivity index (χ3v) is 14.5. The smallest absolute Gasteiger partial charge is 0.143 e. The Morgan fingerprint density at radius 2 is 0.910 bits per heavy atom. The number of anilines is 3. The van der Waals surface area contributed by atoms with Crippen molar-refractivity contribution in [1.29, 1.82) is 0 Å². The van der Waals surface area contributed by atoms with Gasteiger partial charge in [-0.3, -0.25) is 0 Å². The molecular formula is C64H41NOS. The topological polar surface area (TPSA) is 16.4 Å². The predicted molar refractivity (Wildman–Crippen MR) is 286 cm³/mol. The van der Waals surface area contributed by atoms with Crippen LogP contribution in [0.25, 0.3) is 109 Å². The van der Waals surface area contributed by atoms with Gasteiger partial charge in [0.25, 0.3) is 0 Å². The highest BCUT2D eigenvalue weighted by molar-refractivity contribution is 7.26. The first-order valence-corrected chi connectivity index (χ1v) is 23.6. The fraction of sp³-hybridized carbons (Fsp3) is 0. The second-order valence-electron chi connectivity index (χ2n) is 17.2. The van der Waals surface area contributed by atoms with Crippen LogP contribution in [0.2, 0.25) is 0 Å². The van der Waals surface area contributed by atoms with Crippen LogP contribution in [0.5, 0.6) is 0 Å². The Bertz CT molecular complexity index is 3960. The van der Waals surface area contributed by atoms with E-state index >= 15 is 0 Å². The molecule has 0 aliphatic heterocycles. The van der Waals surface area contributed by atoms with Crippen LogP contribution in [0.15, 0.2) is 253 Å². The summed E-state index contributed by atoms with van der Waals surface area (Å²) in [5, 5.41) is 7.15. The SMILES string of the molecule is c1ccc(-c2ccc(-c3ccc(N(c4ccc(-c5cccc6c5sc5ccccc56)cc4)c4ccccc4-c4ccc5oc6c7ccccc7ccc6c5c4)cc3)cc2-c2ccccc2)cc1. The van der Waals surface area contributed by atoms with Crippen molar-refractivity contribution in [2.24, 2.45) is 0 Å². The highest BCUT2D eigenvalue weighted by Crippen LogP contribution is 2.46. The van der Waals surface area contributed by atoms with Gasteiger partial charge in [0.2, 0.25) is 0 Å². The van der Waals surface area contributed by atoms with E-state index in [4.69, 9.17) is 4.42 Å². The molecule has 0 aliphatic carbocycles. The van der Waals surface area contributed by atoms with Crippen LogP contribution >= 0.6 is 11.3 Å². The van der Waals surface area contributed by atoms with Gasteiger partial charge in [0.15, 0.2) is 0 Å². The Labute approximate surface area is 392 Å². The maximum absolute atomic E-state index is 6.56. The molecule has 0 N–H and O–H groups in total. The summed E-state index contributed by atoms with van der Waals surface area (Å²) in [6, 6.07) is 90.1. The maximum atomic E-state index is 6.56. The van der Waals surface area contributed by atoms with Crippen molar-refractivity contribution < 1.29 is 4.42 Å². The molecule has 0 spiro atoms. The van der Waals surface area contributed by atoms with E-state index < -0.39 is 0 Å². The molecule has 2 nitrogen and oxygen atoms in total. The summed E-state index contributed by atoms with van der Waals surface area (Å²) >= 11 is 1.87. The molecule has 0 saturated carbocycles. The number of nitrogens with zero attached hydrogens (tertiary/aromatic N) is 1. The lowest BCUT2D eigenvalue weighted by Crippen LogP contribution is -2.11. The van der Waals surface area contributed by atoms with Gasteiger partial charge in [-0.15, -0.1) is 11.3 Å². The van der Waals surface area contributed by atoms with Gasteiger partial charge in [-0.1, -0.05) is 188 Å². The summed E-state index contributed by atoms with van der Waals surface area (Å²) < 4.78 is 9.19. The molecule has 2 heterocycles. The zero-order chi connectivity index (χ0) is 44.3. The summed E-state index contributed by atoms with van der Waals surface area (Å²) in [5.41, 5.74) is 16.9. The fourth-order valence-corrected chi connectivity index (χ4v) is 11.3. The standard InChI is InChI=1S/C64H41NOS/c1-3-14-43(15-4-1)51-37-31-47(40-58(51)44-16-5-2-6-17-44)42-26-33-49(34-27-42)65(50-35-28-46(29-36-50)54-22-13-23-57-55-21-10-12-25-62(55)67-64(54)57)60-24-11-9-19-52(60)48-32-39-61-59(41-48)56-38-30-45-18-7-8-20-53(45)63(56)66-61/h1-41H. The van der Waals surface area contributed by atoms with E-state index in [1.54, 1.807) is 0 Å². The molecule has 2 aromatic heterocycles. The molecule has 0 bridgehead atoms. The van der Waals surface area contributed by atoms with E-state index in [9.17, 15) is 0 Å². The Balaban J connectivity index is 0.940. The van der Waals surface area contributed by atoms with Gasteiger partial charge in [0.1, 0.15) is 11.2 Å². The van der Waals surface area contributed by atoms with Crippen molar-refractivity contribution in [3.05, 3.63) is 249 Å². The van der Waals surface area contributed by atoms with Crippen molar-refractivity contribution in [2.75, 3.05) is 4.90 Å². The van der Waals surface area contributed by atoms with Crippen LogP contribution in [0.1, 0.15) is 0 Å². The third kappa shape index (κ3) is 6.79. The Hall–Kier alpha value is -8.50. The summed E-state index contributed by atoms with van der Waals surface area (Å²) in [6.45, 7) is 0. The monoisotopic (exact) mass is 871 g/mol. The molecule has 13 aromatic rings. The van der Waals surface area contributed by atoms with Crippen LogP contribution in [0.4, 0.5) is 17.1 Å². The summed E-state index contributed by atoms with van der Waals surface area (Å²) in [4.78, 5) is 2.40. The van der Waals surface area contributed by atoms with E-state index in [0.29, 0.717) is 0 Å². The van der Waals surface area contributed by atoms with E-state index in [-0.39, 0.29) is 0 Å². The fourth-order valence-electron chi connectivity index (χ4n) is 10.0. The molecule has 67 heavy (non-hydrogen) atoms. The molecule has 0 aliphatic rings. The van der Waals surface area contributed by atoms with E-state index in [2.05, 4.69) is 254 Å². The summed E-state index contributed by atoms with van der Waals surface area (Å²) in [6.07, 6.45) is 0. The highest BCUT2D eigenvalue weighted by atomic mass is 32.1. The maximum Gasteiger partial charge on any atom is 0.143 e. The minimum absolute atomic E-state index is 0.886. The van der Waals surface area contributed by atoms with Gasteiger partial charge < -0.3 is 9.32 Å². The first kappa shape index (κ1) is 38.9. The number of para-hydroxylation sites is 1. The number of thiophene rings is 1. The summed E-state index contributed by atoms with van der Waals surface area (Å²) in [5.74, 6) is 0. The van der Waals surface area contributed by atoms with E-state index in [0.717, 1.165) is 61.1 Å². The van der Waals surface area contributed by atoms with E-state index in [1.807, 2.05) is 11.3 Å². The lowest BCUT2D eigenvalue weighted by Gasteiger charge is -2.28. The van der Waals surface area contributed by atoms with E-state index in [1.165, 1.54) is 64.5 Å². The molecule has 3 heteroatoms. The number of fused-ring (bicyclic) bond motifs is 8. The van der Waals surface area contributed by atoms with Gasteiger partial charge in [0, 0.05) is 53.3 Å². The predicted octanol–water partition coefficient (Wildman–Crippen LogP) is 18.9. The molecule has 0 unspecified atom stereocenters. The summed E-state index contributed by atoms with van der Waals surface area (Å²) in [7, 11) is 0. The molecule has 0 fully saturated rings. The average Bonchev–Trinajstić information content (AvgIpc) is 3.98. The zero-order valence-corrected chi connectivity index (χ0v) is 37.3. The number of benzene rings is 11. The lowest BCUT2D eigenvalue weighted by atomic mass is 9.91. The zero-order valence-electron chi connectivity index (χ0n) is 36.4. The number of furan rings is 1. The lowest BCUT2D eigenvalue weighted by molar-refractivity contribution is 0.672. The minimum Gasteiger partial charge on any atom is -0.455 e. The Kier molecular flexibility index (Phi) is 9.40. The molecule has 13 rings (SSSR count). The van der Waals surface area contributed by atoms with Crippen LogP contribution in [0, 0.1) is 0 Å². The molecule has 314 valence electrons. The molecular weight excluding hydrogens is 831 g/mol. The van der Waals surface area contributed by atoms with Gasteiger partial charge in [-0.2, -0.15) is 0 Å². The second kappa shape index (κ2) is 16.2. The molecule has 0 atom stereocenters. The number of rotatable bonds is 8. The average molecular weight is 872 g/mol. The van der Waals surface area contributed by atoms with Crippen LogP contribution < -0.4 is 4.90 Å². The third-order valence-electron chi connectivity index (χ3n) is 13.3. The number of hydrogen-bond acceptors (Lipinski definition) is 3. The highest BCUT2D eigenvalue weighted by Gasteiger charge is 2.20. The Morgan fingerprint density at radius 1 is 0.313 bits per heavy atom. The molecule has 0 radical (unpaired) electrons. The normalized spacial score (nSPS) is 11.6. The molecule has 0 saturated heterocycles. The second-order valence-corrected chi connectivity index (χ2v) is 18.2. The molecule has 11 aromatic carbocycles. The Morgan fingerprint density at radius 3 is 1.70 bits per heavy atom. The van der Waals surface area contributed by atoms with Gasteiger partial charge in [-0.05, 0) is 116 Å². The first-order valence-electron chi connectivity index (χ1n) is 22.8. The number of hydrogen-bond donors (Lipinski definition) is 0. The molecule has 0 amide bonds. The largest absolute Gasteiger partial charge is 0.455 e. The van der Waals surface area contributed by atoms with Crippen LogP contribution in [-0.2, 0) is 0 Å². The van der Waals surface area contributed by atoms with Crippen molar-refractivity contribution in [3.8, 4) is 55.6 Å². The van der Waals surface area contributed by atoms with Crippen LogP contribution in [-0.4, -0.2) is 0 Å². The van der Waals surface area contributed by atoms with Gasteiger partial charge >= 0.3 is 0 Å². The van der Waals surface area contributed by atoms with Crippen molar-refractivity contribution in [1.82, 2.24) is 0 Å². The van der Waals surface area contributed by atoms with Crippen LogP contribution in [0.3, 0.4) is 0 Å². The van der Waals surface area contributed by atoms with Crippen molar-refractivity contribution >= 4 is 81.3 Å². The van der Waals surface area contributed by atoms with Crippen molar-refractivity contribution in [3.63, 3.8) is 0 Å².